The van der Waals surface area contributed by atoms with Crippen LogP contribution in [0.2, 0.25) is 0 Å². The van der Waals surface area contributed by atoms with E-state index in [2.05, 4.69) is 41.8 Å². The molecule has 14 heavy (non-hydrogen) atoms. The van der Waals surface area contributed by atoms with Crippen molar-refractivity contribution < 1.29 is 0 Å². The van der Waals surface area contributed by atoms with Gasteiger partial charge in [0.2, 0.25) is 5.95 Å². The first-order valence-electron chi connectivity index (χ1n) is 5.45. The molecule has 0 saturated heterocycles. The molecule has 1 aliphatic carbocycles. The van der Waals surface area contributed by atoms with Crippen LogP contribution in [0.15, 0.2) is 6.20 Å². The Balaban J connectivity index is 2.10. The lowest BCUT2D eigenvalue weighted by Crippen LogP contribution is -2.11. The first-order chi connectivity index (χ1) is 6.65. The number of nitrogens with one attached hydrogen (secondary N) is 1. The number of hydrogen-bond acceptors (Lipinski definition) is 2. The number of nitrogens with zero attached hydrogens (tertiary/aromatic N) is 2. The van der Waals surface area contributed by atoms with E-state index in [1.807, 2.05) is 0 Å². The molecule has 1 aliphatic rings. The summed E-state index contributed by atoms with van der Waals surface area (Å²) in [5.41, 5.74) is 1.11. The molecule has 3 nitrogen and oxygen atoms in total. The van der Waals surface area contributed by atoms with E-state index in [9.17, 15) is 0 Å². The van der Waals surface area contributed by atoms with E-state index in [4.69, 9.17) is 0 Å². The fourth-order valence-corrected chi connectivity index (χ4v) is 1.60. The predicted molar refractivity (Wildman–Crippen MR) is 58.4 cm³/mol. The lowest BCUT2D eigenvalue weighted by Gasteiger charge is -2.10. The van der Waals surface area contributed by atoms with E-state index in [0.717, 1.165) is 18.2 Å². The van der Waals surface area contributed by atoms with Crippen LogP contribution in [0.25, 0.3) is 0 Å². The van der Waals surface area contributed by atoms with Crippen molar-refractivity contribution in [3.05, 3.63) is 11.9 Å². The first-order valence-corrected chi connectivity index (χ1v) is 5.45. The molecule has 1 saturated carbocycles. The van der Waals surface area contributed by atoms with E-state index in [1.54, 1.807) is 0 Å². The fourth-order valence-electron chi connectivity index (χ4n) is 1.60. The quantitative estimate of drug-likeness (QED) is 0.796. The van der Waals surface area contributed by atoms with Gasteiger partial charge in [0.15, 0.2) is 0 Å². The zero-order chi connectivity index (χ0) is 10.1. The summed E-state index contributed by atoms with van der Waals surface area (Å²) in [5.74, 6) is 1.72. The topological polar surface area (TPSA) is 29.9 Å². The van der Waals surface area contributed by atoms with Gasteiger partial charge < -0.3 is 9.88 Å². The molecule has 0 aliphatic heterocycles. The average molecular weight is 193 g/mol. The van der Waals surface area contributed by atoms with E-state index in [-0.39, 0.29) is 0 Å². The maximum absolute atomic E-state index is 4.50. The summed E-state index contributed by atoms with van der Waals surface area (Å²) in [6.07, 6.45) is 4.73. The Labute approximate surface area is 85.5 Å². The van der Waals surface area contributed by atoms with Crippen molar-refractivity contribution in [2.24, 2.45) is 5.92 Å². The third-order valence-electron chi connectivity index (χ3n) is 2.37. The number of aryl methyl sites for hydroxylation is 1. The number of rotatable bonds is 4. The molecule has 1 aromatic heterocycles. The van der Waals surface area contributed by atoms with Gasteiger partial charge >= 0.3 is 0 Å². The summed E-state index contributed by atoms with van der Waals surface area (Å²) < 4.78 is 2.23. The summed E-state index contributed by atoms with van der Waals surface area (Å²) in [4.78, 5) is 4.50. The minimum Gasteiger partial charge on any atom is -0.353 e. The molecule has 0 atom stereocenters. The highest BCUT2D eigenvalue weighted by atomic mass is 15.2. The van der Waals surface area contributed by atoms with Crippen LogP contribution in [0.4, 0.5) is 5.95 Å². The third kappa shape index (κ3) is 2.28. The van der Waals surface area contributed by atoms with Crippen LogP contribution in [0.3, 0.4) is 0 Å². The van der Waals surface area contributed by atoms with Crippen molar-refractivity contribution in [2.75, 3.05) is 5.32 Å². The van der Waals surface area contributed by atoms with Gasteiger partial charge in [0, 0.05) is 18.8 Å². The molecule has 1 aromatic rings. The smallest absolute Gasteiger partial charge is 0.203 e. The lowest BCUT2D eigenvalue weighted by molar-refractivity contribution is 0.526. The van der Waals surface area contributed by atoms with Crippen LogP contribution < -0.4 is 5.32 Å². The Morgan fingerprint density at radius 3 is 2.86 bits per heavy atom. The molecule has 78 valence electrons. The molecular weight excluding hydrogens is 174 g/mol. The van der Waals surface area contributed by atoms with Gasteiger partial charge in [0.05, 0.1) is 5.69 Å². The van der Waals surface area contributed by atoms with Gasteiger partial charge in [0.25, 0.3) is 0 Å². The molecule has 3 heteroatoms. The Morgan fingerprint density at radius 2 is 2.29 bits per heavy atom. The normalized spacial score (nSPS) is 16.3. The van der Waals surface area contributed by atoms with E-state index in [1.165, 1.54) is 12.8 Å². The second kappa shape index (κ2) is 3.64. The zero-order valence-corrected chi connectivity index (χ0v) is 9.25. The van der Waals surface area contributed by atoms with Crippen molar-refractivity contribution in [1.29, 1.82) is 0 Å². The maximum Gasteiger partial charge on any atom is 0.203 e. The van der Waals surface area contributed by atoms with Gasteiger partial charge in [-0.05, 0) is 25.7 Å². The van der Waals surface area contributed by atoms with Crippen LogP contribution in [0.5, 0.6) is 0 Å². The summed E-state index contributed by atoms with van der Waals surface area (Å²) in [6, 6.07) is 0.683. The Hall–Kier alpha value is -0.990. The van der Waals surface area contributed by atoms with Crippen LogP contribution in [-0.2, 0) is 6.54 Å². The predicted octanol–water partition coefficient (Wildman–Crippen LogP) is 2.42. The van der Waals surface area contributed by atoms with Crippen LogP contribution >= 0.6 is 0 Å². The highest BCUT2D eigenvalue weighted by Crippen LogP contribution is 2.24. The first kappa shape index (κ1) is 9.56. The second-order valence-electron chi connectivity index (χ2n) is 4.67. The summed E-state index contributed by atoms with van der Waals surface area (Å²) in [6.45, 7) is 7.57. The number of anilines is 1. The summed E-state index contributed by atoms with van der Waals surface area (Å²) in [5, 5.41) is 3.46. The van der Waals surface area contributed by atoms with Crippen molar-refractivity contribution in [3.8, 4) is 0 Å². The van der Waals surface area contributed by atoms with Crippen LogP contribution in [0, 0.1) is 12.8 Å². The SMILES string of the molecule is Cc1cn(CC(C)C)c(NC2CC2)n1. The van der Waals surface area contributed by atoms with Gasteiger partial charge in [0.1, 0.15) is 0 Å². The monoisotopic (exact) mass is 193 g/mol. The zero-order valence-electron chi connectivity index (χ0n) is 9.25. The number of imidazole rings is 1. The van der Waals surface area contributed by atoms with Crippen molar-refractivity contribution in [1.82, 2.24) is 9.55 Å². The van der Waals surface area contributed by atoms with Gasteiger partial charge in [-0.3, -0.25) is 0 Å². The Kier molecular flexibility index (Phi) is 2.48. The third-order valence-corrected chi connectivity index (χ3v) is 2.37. The molecule has 0 spiro atoms. The largest absolute Gasteiger partial charge is 0.353 e. The van der Waals surface area contributed by atoms with Crippen molar-refractivity contribution in [3.63, 3.8) is 0 Å². The highest BCUT2D eigenvalue weighted by Gasteiger charge is 2.22. The fraction of sp³-hybridized carbons (Fsp3) is 0.727. The van der Waals surface area contributed by atoms with E-state index in [0.29, 0.717) is 12.0 Å². The average Bonchev–Trinajstić information content (AvgIpc) is 2.79. The molecule has 0 amide bonds. The molecule has 0 radical (unpaired) electrons. The van der Waals surface area contributed by atoms with E-state index >= 15 is 0 Å². The second-order valence-corrected chi connectivity index (χ2v) is 4.67. The van der Waals surface area contributed by atoms with E-state index < -0.39 is 0 Å². The minimum atomic E-state index is 0.670. The van der Waals surface area contributed by atoms with Crippen LogP contribution in [-0.4, -0.2) is 15.6 Å². The Bertz CT molecular complexity index is 289. The van der Waals surface area contributed by atoms with Crippen molar-refractivity contribution in [2.45, 2.75) is 46.2 Å². The van der Waals surface area contributed by atoms with Gasteiger partial charge in [-0.2, -0.15) is 0 Å². The highest BCUT2D eigenvalue weighted by molar-refractivity contribution is 5.32. The summed E-state index contributed by atoms with van der Waals surface area (Å²) in [7, 11) is 0. The molecule has 1 fully saturated rings. The molecule has 1 N–H and O–H groups in total. The molecule has 1 heterocycles. The molecule has 2 rings (SSSR count). The molecule has 0 bridgehead atoms. The Morgan fingerprint density at radius 1 is 1.57 bits per heavy atom. The minimum absolute atomic E-state index is 0.670. The van der Waals surface area contributed by atoms with Gasteiger partial charge in [-0.1, -0.05) is 13.8 Å². The maximum atomic E-state index is 4.50. The van der Waals surface area contributed by atoms with Crippen molar-refractivity contribution >= 4 is 5.95 Å². The molecular formula is C11H19N3. The van der Waals surface area contributed by atoms with Gasteiger partial charge in [-0.15, -0.1) is 0 Å². The number of aromatic nitrogens is 2. The lowest BCUT2D eigenvalue weighted by atomic mass is 10.2. The number of hydrogen-bond donors (Lipinski definition) is 1. The molecule has 0 unspecified atom stereocenters. The van der Waals surface area contributed by atoms with Crippen LogP contribution in [0.1, 0.15) is 32.4 Å². The summed E-state index contributed by atoms with van der Waals surface area (Å²) >= 11 is 0. The molecule has 0 aromatic carbocycles. The van der Waals surface area contributed by atoms with Gasteiger partial charge in [-0.25, -0.2) is 4.98 Å². The standard InChI is InChI=1S/C11H19N3/c1-8(2)6-14-7-9(3)12-11(14)13-10-4-5-10/h7-8,10H,4-6H2,1-3H3,(H,12,13).